The second kappa shape index (κ2) is 6.20. The van der Waals surface area contributed by atoms with Gasteiger partial charge in [0.1, 0.15) is 36.2 Å². The van der Waals surface area contributed by atoms with Gasteiger partial charge < -0.3 is 19.9 Å². The number of rotatable bonds is 3. The highest BCUT2D eigenvalue weighted by Gasteiger charge is 2.45. The summed E-state index contributed by atoms with van der Waals surface area (Å²) in [6, 6.07) is 1.48. The molecule has 0 bridgehead atoms. The summed E-state index contributed by atoms with van der Waals surface area (Å²) in [7, 11) is 0. The summed E-state index contributed by atoms with van der Waals surface area (Å²) >= 11 is 18.3. The van der Waals surface area contributed by atoms with Crippen LogP contribution in [-0.2, 0) is 4.74 Å². The lowest BCUT2D eigenvalue weighted by Gasteiger charge is -2.19. The molecule has 23 heavy (non-hydrogen) atoms. The van der Waals surface area contributed by atoms with Crippen LogP contribution in [0.25, 0.3) is 10.9 Å². The summed E-state index contributed by atoms with van der Waals surface area (Å²) in [4.78, 5) is 14.1. The highest BCUT2D eigenvalue weighted by atomic mass is 35.5. The van der Waals surface area contributed by atoms with Crippen molar-refractivity contribution in [3.8, 4) is 0 Å². The molecule has 3 rings (SSSR count). The molecular formula is C14H11Cl3FNO4. The minimum atomic E-state index is -1.43. The average molecular weight is 383 g/mol. The van der Waals surface area contributed by atoms with E-state index in [2.05, 4.69) is 4.98 Å². The number of ether oxygens (including phenoxy) is 1. The summed E-state index contributed by atoms with van der Waals surface area (Å²) < 4.78 is 18.3. The van der Waals surface area contributed by atoms with Crippen LogP contribution in [0, 0.1) is 0 Å². The fourth-order valence-corrected chi connectivity index (χ4v) is 3.53. The molecule has 3 N–H and O–H groups in total. The molecule has 2 aromatic rings. The monoisotopic (exact) mass is 381 g/mol. The Balaban J connectivity index is 2.28. The molecule has 1 fully saturated rings. The standard InChI is InChI=1S/C14H11Cl3FNO4/c15-5-1-6-8(4(3-20)14(17)19-6)9(10(5)16)13-12(22)11(21)7(2-18)23-13/h1,3,7,11-13,19,21-22H,2H2/t7-,11-,12-,13+/m1/s1. The van der Waals surface area contributed by atoms with Crippen LogP contribution in [0.1, 0.15) is 22.0 Å². The normalized spacial score (nSPS) is 27.7. The van der Waals surface area contributed by atoms with Crippen molar-refractivity contribution in [1.29, 1.82) is 0 Å². The van der Waals surface area contributed by atoms with Gasteiger partial charge in [-0.1, -0.05) is 34.8 Å². The third kappa shape index (κ3) is 2.54. The number of halogens is 4. The van der Waals surface area contributed by atoms with Gasteiger partial charge in [-0.25, -0.2) is 4.39 Å². The number of carbonyl (C=O) groups is 1. The first-order chi connectivity index (χ1) is 10.9. The maximum Gasteiger partial charge on any atom is 0.153 e. The molecule has 2 heterocycles. The van der Waals surface area contributed by atoms with Gasteiger partial charge in [0.2, 0.25) is 0 Å². The fourth-order valence-electron chi connectivity index (χ4n) is 2.82. The second-order valence-corrected chi connectivity index (χ2v) is 6.37. The third-order valence-electron chi connectivity index (χ3n) is 3.92. The van der Waals surface area contributed by atoms with E-state index in [0.29, 0.717) is 17.2 Å². The first-order valence-corrected chi connectivity index (χ1v) is 7.75. The van der Waals surface area contributed by atoms with Gasteiger partial charge >= 0.3 is 0 Å². The highest BCUT2D eigenvalue weighted by Crippen LogP contribution is 2.45. The smallest absolute Gasteiger partial charge is 0.153 e. The molecule has 0 unspecified atom stereocenters. The van der Waals surface area contributed by atoms with Crippen LogP contribution in [0.5, 0.6) is 0 Å². The summed E-state index contributed by atoms with van der Waals surface area (Å²) in [5.41, 5.74) is 0.710. The largest absolute Gasteiger partial charge is 0.387 e. The quantitative estimate of drug-likeness (QED) is 0.713. The van der Waals surface area contributed by atoms with Gasteiger partial charge in [0.05, 0.1) is 15.6 Å². The summed E-state index contributed by atoms with van der Waals surface area (Å²) in [5, 5.41) is 20.6. The molecule has 4 atom stereocenters. The Morgan fingerprint density at radius 1 is 1.30 bits per heavy atom. The van der Waals surface area contributed by atoms with Gasteiger partial charge in [-0.3, -0.25) is 4.79 Å². The molecule has 1 saturated heterocycles. The number of alkyl halides is 1. The Bertz CT molecular complexity index is 781. The number of aldehydes is 1. The lowest BCUT2D eigenvalue weighted by atomic mass is 9.97. The molecule has 5 nitrogen and oxygen atoms in total. The first kappa shape index (κ1) is 17.0. The fraction of sp³-hybridized carbons (Fsp3) is 0.357. The number of aromatic amines is 1. The van der Waals surface area contributed by atoms with Crippen LogP contribution in [0.15, 0.2) is 6.07 Å². The molecule has 0 aliphatic carbocycles. The number of aromatic nitrogens is 1. The van der Waals surface area contributed by atoms with Crippen molar-refractivity contribution in [2.45, 2.75) is 24.4 Å². The maximum atomic E-state index is 12.9. The van der Waals surface area contributed by atoms with E-state index in [9.17, 15) is 19.4 Å². The van der Waals surface area contributed by atoms with Crippen LogP contribution < -0.4 is 0 Å². The zero-order valence-electron chi connectivity index (χ0n) is 11.4. The van der Waals surface area contributed by atoms with E-state index in [4.69, 9.17) is 39.5 Å². The first-order valence-electron chi connectivity index (χ1n) is 6.62. The van der Waals surface area contributed by atoms with Gasteiger partial charge in [-0.2, -0.15) is 0 Å². The minimum absolute atomic E-state index is 0.0358. The molecule has 0 saturated carbocycles. The number of aliphatic hydroxyl groups is 2. The molecule has 1 aliphatic heterocycles. The number of H-pyrrole nitrogens is 1. The SMILES string of the molecule is O=Cc1c(Cl)[nH]c2cc(Cl)c(Cl)c([C@@H]3O[C@H](CF)[C@@H](O)[C@H]3O)c12. The van der Waals surface area contributed by atoms with E-state index < -0.39 is 31.1 Å². The zero-order valence-corrected chi connectivity index (χ0v) is 13.7. The lowest BCUT2D eigenvalue weighted by Crippen LogP contribution is -2.31. The van der Waals surface area contributed by atoms with Gasteiger partial charge in [0.25, 0.3) is 0 Å². The molecule has 1 aliphatic rings. The molecule has 0 spiro atoms. The molecule has 9 heteroatoms. The van der Waals surface area contributed by atoms with Crippen LogP contribution in [-0.4, -0.2) is 46.5 Å². The zero-order chi connectivity index (χ0) is 16.9. The number of aliphatic hydroxyl groups excluding tert-OH is 2. The van der Waals surface area contributed by atoms with Crippen molar-refractivity contribution >= 4 is 52.0 Å². The van der Waals surface area contributed by atoms with Crippen molar-refractivity contribution in [2.75, 3.05) is 6.67 Å². The summed E-state index contributed by atoms with van der Waals surface area (Å²) in [6.07, 6.45) is -4.68. The van der Waals surface area contributed by atoms with Gasteiger partial charge in [0.15, 0.2) is 6.29 Å². The van der Waals surface area contributed by atoms with Crippen molar-refractivity contribution in [2.24, 2.45) is 0 Å². The van der Waals surface area contributed by atoms with Gasteiger partial charge in [-0.05, 0) is 6.07 Å². The molecule has 1 aromatic heterocycles. The molecular weight excluding hydrogens is 372 g/mol. The van der Waals surface area contributed by atoms with E-state index in [1.165, 1.54) is 6.07 Å². The number of fused-ring (bicyclic) bond motifs is 1. The molecule has 0 radical (unpaired) electrons. The van der Waals surface area contributed by atoms with Crippen molar-refractivity contribution in [3.63, 3.8) is 0 Å². The third-order valence-corrected chi connectivity index (χ3v) is 5.02. The van der Waals surface area contributed by atoms with Crippen LogP contribution in [0.3, 0.4) is 0 Å². The Morgan fingerprint density at radius 2 is 2.00 bits per heavy atom. The number of nitrogens with one attached hydrogen (secondary N) is 1. The number of benzene rings is 1. The predicted molar refractivity (Wildman–Crippen MR) is 84.3 cm³/mol. The van der Waals surface area contributed by atoms with E-state index in [0.717, 1.165) is 0 Å². The highest BCUT2D eigenvalue weighted by molar-refractivity contribution is 6.44. The molecule has 0 amide bonds. The van der Waals surface area contributed by atoms with Crippen LogP contribution in [0.4, 0.5) is 4.39 Å². The lowest BCUT2D eigenvalue weighted by molar-refractivity contribution is -0.00444. The van der Waals surface area contributed by atoms with E-state index >= 15 is 0 Å². The van der Waals surface area contributed by atoms with Crippen molar-refractivity contribution < 1.29 is 24.1 Å². The second-order valence-electron chi connectivity index (χ2n) is 5.21. The molecule has 1 aromatic carbocycles. The number of hydrogen-bond donors (Lipinski definition) is 3. The van der Waals surface area contributed by atoms with Crippen molar-refractivity contribution in [3.05, 3.63) is 32.4 Å². The average Bonchev–Trinajstić information content (AvgIpc) is 2.98. The van der Waals surface area contributed by atoms with Crippen molar-refractivity contribution in [1.82, 2.24) is 4.98 Å². The number of hydrogen-bond acceptors (Lipinski definition) is 4. The van der Waals surface area contributed by atoms with Gasteiger partial charge in [-0.15, -0.1) is 0 Å². The van der Waals surface area contributed by atoms with E-state index in [-0.39, 0.29) is 26.3 Å². The summed E-state index contributed by atoms with van der Waals surface area (Å²) in [6.45, 7) is -0.982. The predicted octanol–water partition coefficient (Wildman–Crippen LogP) is 3.07. The Kier molecular flexibility index (Phi) is 4.57. The Labute approximate surface area is 144 Å². The van der Waals surface area contributed by atoms with Gasteiger partial charge in [0, 0.05) is 16.5 Å². The Morgan fingerprint density at radius 3 is 2.57 bits per heavy atom. The minimum Gasteiger partial charge on any atom is -0.387 e. The summed E-state index contributed by atoms with van der Waals surface area (Å²) in [5.74, 6) is 0. The topological polar surface area (TPSA) is 82.6 Å². The Hall–Kier alpha value is -0.890. The van der Waals surface area contributed by atoms with Crippen LogP contribution >= 0.6 is 34.8 Å². The molecule has 124 valence electrons. The van der Waals surface area contributed by atoms with Crippen LogP contribution in [0.2, 0.25) is 15.2 Å². The van der Waals surface area contributed by atoms with E-state index in [1.807, 2.05) is 0 Å². The number of carbonyl (C=O) groups excluding carboxylic acids is 1. The maximum absolute atomic E-state index is 12.9. The van der Waals surface area contributed by atoms with E-state index in [1.54, 1.807) is 0 Å².